The fourth-order valence-electron chi connectivity index (χ4n) is 3.99. The highest BCUT2D eigenvalue weighted by atomic mass is 32.2. The fraction of sp³-hybridized carbons (Fsp3) is 0.269. The molecule has 0 radical (unpaired) electrons. The number of thioether (sulfide) groups is 1. The molecule has 0 atom stereocenters. The molecule has 1 aromatic heterocycles. The second-order valence-corrected chi connectivity index (χ2v) is 9.46. The number of halogens is 1. The Labute approximate surface area is 186 Å². The Morgan fingerprint density at radius 3 is 2.39 bits per heavy atom. The van der Waals surface area contributed by atoms with Crippen molar-refractivity contribution in [1.82, 2.24) is 4.57 Å². The normalized spacial score (nSPS) is 11.9. The molecule has 3 aromatic carbocycles. The minimum Gasteiger partial charge on any atom is -0.460 e. The van der Waals surface area contributed by atoms with Crippen LogP contribution >= 0.6 is 11.8 Å². The van der Waals surface area contributed by atoms with Gasteiger partial charge in [-0.1, -0.05) is 42.5 Å². The van der Waals surface area contributed by atoms with Crippen molar-refractivity contribution in [3.8, 4) is 0 Å². The van der Waals surface area contributed by atoms with Gasteiger partial charge in [0.05, 0.1) is 11.9 Å². The Kier molecular flexibility index (Phi) is 5.80. The van der Waals surface area contributed by atoms with Gasteiger partial charge in [0.25, 0.3) is 0 Å². The van der Waals surface area contributed by atoms with Crippen LogP contribution in [0.5, 0.6) is 0 Å². The van der Waals surface area contributed by atoms with E-state index in [1.165, 1.54) is 17.5 Å². The number of benzene rings is 3. The van der Waals surface area contributed by atoms with Crippen LogP contribution < -0.4 is 0 Å². The van der Waals surface area contributed by atoms with Crippen LogP contribution in [-0.2, 0) is 22.5 Å². The molecule has 5 heteroatoms. The van der Waals surface area contributed by atoms with Gasteiger partial charge in [0, 0.05) is 27.7 Å². The number of carbonyl (C=O) groups excluding carboxylic acids is 1. The lowest BCUT2D eigenvalue weighted by Crippen LogP contribution is -2.25. The maximum atomic E-state index is 13.4. The Bertz CT molecular complexity index is 1250. The maximum Gasteiger partial charge on any atom is 0.310 e. The van der Waals surface area contributed by atoms with Crippen molar-refractivity contribution < 1.29 is 13.9 Å². The summed E-state index contributed by atoms with van der Waals surface area (Å²) in [6.07, 6.45) is 2.26. The van der Waals surface area contributed by atoms with Crippen LogP contribution in [0.15, 0.2) is 65.6 Å². The van der Waals surface area contributed by atoms with Crippen molar-refractivity contribution in [2.75, 3.05) is 6.26 Å². The monoisotopic (exact) mass is 435 g/mol. The summed E-state index contributed by atoms with van der Waals surface area (Å²) in [7, 11) is 0. The predicted molar refractivity (Wildman–Crippen MR) is 126 cm³/mol. The quantitative estimate of drug-likeness (QED) is 0.262. The van der Waals surface area contributed by atoms with Gasteiger partial charge in [-0.3, -0.25) is 4.79 Å². The molecule has 3 nitrogen and oxygen atoms in total. The molecular weight excluding hydrogens is 409 g/mol. The Hall–Kier alpha value is -2.79. The number of para-hydroxylation sites is 1. The third-order valence-corrected chi connectivity index (χ3v) is 6.04. The molecule has 0 spiro atoms. The highest BCUT2D eigenvalue weighted by Gasteiger charge is 2.21. The number of aromatic nitrogens is 1. The fourth-order valence-corrected chi connectivity index (χ4v) is 4.81. The lowest BCUT2D eigenvalue weighted by Gasteiger charge is -2.20. The first-order chi connectivity index (χ1) is 14.8. The third-order valence-electron chi connectivity index (χ3n) is 5.18. The van der Waals surface area contributed by atoms with E-state index in [2.05, 4.69) is 22.8 Å². The molecule has 0 unspecified atom stereocenters. The second-order valence-electron chi connectivity index (χ2n) is 8.65. The van der Waals surface area contributed by atoms with Crippen LogP contribution in [-0.4, -0.2) is 22.4 Å². The van der Waals surface area contributed by atoms with E-state index in [1.807, 2.05) is 57.4 Å². The van der Waals surface area contributed by atoms with Crippen LogP contribution in [0.4, 0.5) is 4.39 Å². The second kappa shape index (κ2) is 8.39. The lowest BCUT2D eigenvalue weighted by molar-refractivity contribution is -0.153. The average Bonchev–Trinajstić information content (AvgIpc) is 3.02. The van der Waals surface area contributed by atoms with E-state index in [4.69, 9.17) is 4.74 Å². The van der Waals surface area contributed by atoms with E-state index in [-0.39, 0.29) is 18.2 Å². The zero-order valence-electron chi connectivity index (χ0n) is 18.2. The van der Waals surface area contributed by atoms with Crippen molar-refractivity contribution in [2.45, 2.75) is 44.2 Å². The highest BCUT2D eigenvalue weighted by molar-refractivity contribution is 7.98. The largest absolute Gasteiger partial charge is 0.460 e. The molecule has 0 aliphatic rings. The standard InChI is InChI=1S/C26H26FNO2S/c1-26(2,3)30-23(29)15-18-11-14-21-20-7-5-6-8-22(20)28(24(21)25(18)31-4)16-17-9-12-19(27)13-10-17/h5-14H,15-16H2,1-4H3. The third kappa shape index (κ3) is 4.47. The number of hydrogen-bond donors (Lipinski definition) is 0. The summed E-state index contributed by atoms with van der Waals surface area (Å²) in [5, 5.41) is 2.31. The van der Waals surface area contributed by atoms with Crippen LogP contribution in [0.25, 0.3) is 21.8 Å². The Balaban J connectivity index is 1.87. The topological polar surface area (TPSA) is 31.2 Å². The molecule has 0 fully saturated rings. The lowest BCUT2D eigenvalue weighted by atomic mass is 10.1. The molecule has 4 rings (SSSR count). The first-order valence-electron chi connectivity index (χ1n) is 10.3. The molecule has 0 N–H and O–H groups in total. The first-order valence-corrected chi connectivity index (χ1v) is 11.5. The van der Waals surface area contributed by atoms with E-state index in [9.17, 15) is 9.18 Å². The predicted octanol–water partition coefficient (Wildman–Crippen LogP) is 6.59. The van der Waals surface area contributed by atoms with Gasteiger partial charge in [0.2, 0.25) is 0 Å². The summed E-state index contributed by atoms with van der Waals surface area (Å²) in [5.74, 6) is -0.473. The number of esters is 1. The number of rotatable bonds is 5. The van der Waals surface area contributed by atoms with Crippen molar-refractivity contribution in [3.63, 3.8) is 0 Å². The molecule has 0 saturated heterocycles. The summed E-state index contributed by atoms with van der Waals surface area (Å²) in [4.78, 5) is 13.6. The van der Waals surface area contributed by atoms with Gasteiger partial charge in [-0.25, -0.2) is 4.39 Å². The summed E-state index contributed by atoms with van der Waals surface area (Å²) < 4.78 is 21.3. The van der Waals surface area contributed by atoms with Crippen molar-refractivity contribution >= 4 is 39.5 Å². The Morgan fingerprint density at radius 2 is 1.71 bits per heavy atom. The van der Waals surface area contributed by atoms with Crippen LogP contribution in [0.2, 0.25) is 0 Å². The average molecular weight is 436 g/mol. The van der Waals surface area contributed by atoms with Gasteiger partial charge >= 0.3 is 5.97 Å². The van der Waals surface area contributed by atoms with Crippen molar-refractivity contribution in [3.05, 3.63) is 77.6 Å². The van der Waals surface area contributed by atoms with Gasteiger partial charge in [0.15, 0.2) is 0 Å². The van der Waals surface area contributed by atoms with Gasteiger partial charge in [-0.15, -0.1) is 11.8 Å². The van der Waals surface area contributed by atoms with Gasteiger partial charge in [-0.05, 0) is 56.4 Å². The van der Waals surface area contributed by atoms with Gasteiger partial charge in [0.1, 0.15) is 11.4 Å². The van der Waals surface area contributed by atoms with Crippen LogP contribution in [0.1, 0.15) is 31.9 Å². The number of hydrogen-bond acceptors (Lipinski definition) is 3. The summed E-state index contributed by atoms with van der Waals surface area (Å²) in [6.45, 7) is 6.26. The molecule has 0 aliphatic heterocycles. The SMILES string of the molecule is CSc1c(CC(=O)OC(C)(C)C)ccc2c3ccccc3n(Cc3ccc(F)cc3)c12. The number of nitrogens with zero attached hydrogens (tertiary/aromatic N) is 1. The first kappa shape index (κ1) is 21.4. The van der Waals surface area contributed by atoms with Crippen LogP contribution in [0.3, 0.4) is 0 Å². The molecule has 0 aliphatic carbocycles. The smallest absolute Gasteiger partial charge is 0.310 e. The van der Waals surface area contributed by atoms with E-state index in [1.54, 1.807) is 11.8 Å². The number of ether oxygens (including phenoxy) is 1. The highest BCUT2D eigenvalue weighted by Crippen LogP contribution is 2.37. The minimum atomic E-state index is -0.516. The minimum absolute atomic E-state index is 0.224. The molecule has 0 saturated carbocycles. The van der Waals surface area contributed by atoms with E-state index in [0.29, 0.717) is 6.54 Å². The molecule has 160 valence electrons. The van der Waals surface area contributed by atoms with Crippen molar-refractivity contribution in [1.29, 1.82) is 0 Å². The van der Waals surface area contributed by atoms with Gasteiger partial charge in [-0.2, -0.15) is 0 Å². The van der Waals surface area contributed by atoms with E-state index >= 15 is 0 Å². The summed E-state index contributed by atoms with van der Waals surface area (Å²) >= 11 is 1.64. The summed E-state index contributed by atoms with van der Waals surface area (Å²) in [6, 6.07) is 19.1. The Morgan fingerprint density at radius 1 is 1.00 bits per heavy atom. The number of carbonyl (C=O) groups is 1. The molecule has 31 heavy (non-hydrogen) atoms. The maximum absolute atomic E-state index is 13.4. The molecule has 4 aromatic rings. The zero-order valence-corrected chi connectivity index (χ0v) is 19.1. The molecule has 0 bridgehead atoms. The van der Waals surface area contributed by atoms with Crippen molar-refractivity contribution in [2.24, 2.45) is 0 Å². The molecule has 0 amide bonds. The van der Waals surface area contributed by atoms with Crippen LogP contribution in [0, 0.1) is 5.82 Å². The van der Waals surface area contributed by atoms with E-state index < -0.39 is 5.60 Å². The molecule has 1 heterocycles. The van der Waals surface area contributed by atoms with E-state index in [0.717, 1.165) is 32.4 Å². The number of fused-ring (bicyclic) bond motifs is 3. The van der Waals surface area contributed by atoms with Gasteiger partial charge < -0.3 is 9.30 Å². The zero-order chi connectivity index (χ0) is 22.2. The summed E-state index contributed by atoms with van der Waals surface area (Å²) in [5.41, 5.74) is 3.68. The molecular formula is C26H26FNO2S.